The Kier molecular flexibility index (Phi) is 6.71. The molecule has 1 aromatic carbocycles. The third-order valence-corrected chi connectivity index (χ3v) is 5.51. The fourth-order valence-electron chi connectivity index (χ4n) is 3.78. The first-order chi connectivity index (χ1) is 14.6. The fourth-order valence-corrected chi connectivity index (χ4v) is 3.78. The van der Waals surface area contributed by atoms with Crippen molar-refractivity contribution in [2.24, 2.45) is 0 Å². The molecule has 0 radical (unpaired) electrons. The van der Waals surface area contributed by atoms with Crippen molar-refractivity contribution in [1.29, 1.82) is 0 Å². The van der Waals surface area contributed by atoms with E-state index in [-0.39, 0.29) is 17.7 Å². The van der Waals surface area contributed by atoms with Gasteiger partial charge >= 0.3 is 0 Å². The van der Waals surface area contributed by atoms with Crippen LogP contribution in [-0.2, 0) is 17.8 Å². The van der Waals surface area contributed by atoms with Gasteiger partial charge in [0.15, 0.2) is 17.3 Å². The predicted octanol–water partition coefficient (Wildman–Crippen LogP) is 2.18. The van der Waals surface area contributed by atoms with E-state index in [0.29, 0.717) is 25.5 Å². The number of nitrogens with one attached hydrogen (secondary N) is 1. The summed E-state index contributed by atoms with van der Waals surface area (Å²) in [6.45, 7) is 5.54. The molecule has 2 aliphatic heterocycles. The molecular weight excluding hydrogens is 394 g/mol. The second-order valence-corrected chi connectivity index (χ2v) is 7.77. The Labute approximate surface area is 174 Å². The number of rotatable bonds is 7. The number of hydrogen-bond donors (Lipinski definition) is 1. The van der Waals surface area contributed by atoms with Gasteiger partial charge in [-0.15, -0.1) is 0 Å². The fraction of sp³-hybridized carbons (Fsp3) is 0.524. The molecule has 0 saturated carbocycles. The molecule has 7 nitrogen and oxygen atoms in total. The average Bonchev–Trinajstić information content (AvgIpc) is 3.43. The third kappa shape index (κ3) is 5.41. The Morgan fingerprint density at radius 1 is 1.13 bits per heavy atom. The minimum absolute atomic E-state index is 0.0861. The van der Waals surface area contributed by atoms with Crippen LogP contribution in [0.25, 0.3) is 0 Å². The summed E-state index contributed by atoms with van der Waals surface area (Å²) in [6, 6.07) is 4.03. The standard InChI is InChI=1S/C21H26F2N4O3/c22-17-4-3-15(10-18(17)23)12-26-5-7-27(8-6-26)13-20-25-19(14-30-20)21(28)24-11-16-2-1-9-29-16/h3-4,10,14,16H,1-2,5-9,11-13H2,(H,24,28). The van der Waals surface area contributed by atoms with Crippen LogP contribution in [0.3, 0.4) is 0 Å². The molecule has 2 saturated heterocycles. The van der Waals surface area contributed by atoms with Crippen molar-refractivity contribution in [3.63, 3.8) is 0 Å². The molecule has 9 heteroatoms. The molecule has 2 aliphatic rings. The number of amides is 1. The number of benzene rings is 1. The molecule has 2 aromatic rings. The second-order valence-electron chi connectivity index (χ2n) is 7.77. The molecule has 162 valence electrons. The number of oxazole rings is 1. The first-order valence-corrected chi connectivity index (χ1v) is 10.3. The number of hydrogen-bond acceptors (Lipinski definition) is 6. The molecule has 1 amide bonds. The van der Waals surface area contributed by atoms with E-state index in [1.807, 2.05) is 0 Å². The number of carbonyl (C=O) groups excluding carboxylic acids is 1. The van der Waals surface area contributed by atoms with Gasteiger partial charge in [-0.25, -0.2) is 13.8 Å². The molecule has 0 spiro atoms. The van der Waals surface area contributed by atoms with E-state index < -0.39 is 11.6 Å². The van der Waals surface area contributed by atoms with Crippen LogP contribution in [-0.4, -0.2) is 66.1 Å². The summed E-state index contributed by atoms with van der Waals surface area (Å²) in [7, 11) is 0. The van der Waals surface area contributed by atoms with Gasteiger partial charge in [-0.1, -0.05) is 6.07 Å². The Balaban J connectivity index is 1.21. The minimum Gasteiger partial charge on any atom is -0.447 e. The minimum atomic E-state index is -0.825. The zero-order chi connectivity index (χ0) is 20.9. The van der Waals surface area contributed by atoms with Gasteiger partial charge in [0.25, 0.3) is 5.91 Å². The van der Waals surface area contributed by atoms with E-state index >= 15 is 0 Å². The lowest BCUT2D eigenvalue weighted by atomic mass is 10.2. The van der Waals surface area contributed by atoms with Gasteiger partial charge in [0.1, 0.15) is 6.26 Å². The van der Waals surface area contributed by atoms with Crippen molar-refractivity contribution < 1.29 is 22.7 Å². The Morgan fingerprint density at radius 3 is 2.60 bits per heavy atom. The lowest BCUT2D eigenvalue weighted by molar-refractivity contribution is 0.0853. The average molecular weight is 420 g/mol. The highest BCUT2D eigenvalue weighted by molar-refractivity contribution is 5.91. The summed E-state index contributed by atoms with van der Waals surface area (Å²) in [5.41, 5.74) is 1.04. The van der Waals surface area contributed by atoms with Crippen molar-refractivity contribution in [3.8, 4) is 0 Å². The van der Waals surface area contributed by atoms with E-state index in [1.165, 1.54) is 12.3 Å². The van der Waals surface area contributed by atoms with Crippen molar-refractivity contribution in [2.75, 3.05) is 39.3 Å². The maximum absolute atomic E-state index is 13.4. The van der Waals surface area contributed by atoms with Crippen molar-refractivity contribution in [2.45, 2.75) is 32.0 Å². The third-order valence-electron chi connectivity index (χ3n) is 5.51. The van der Waals surface area contributed by atoms with Crippen LogP contribution in [0.2, 0.25) is 0 Å². The van der Waals surface area contributed by atoms with Crippen LogP contribution in [0.5, 0.6) is 0 Å². The van der Waals surface area contributed by atoms with Crippen LogP contribution in [0.4, 0.5) is 8.78 Å². The van der Waals surface area contributed by atoms with Gasteiger partial charge in [0.2, 0.25) is 5.89 Å². The molecule has 0 aliphatic carbocycles. The van der Waals surface area contributed by atoms with E-state index in [2.05, 4.69) is 20.1 Å². The zero-order valence-electron chi connectivity index (χ0n) is 16.8. The Bertz CT molecular complexity index is 862. The summed E-state index contributed by atoms with van der Waals surface area (Å²) in [6.07, 6.45) is 3.47. The Hall–Kier alpha value is -2.36. The largest absolute Gasteiger partial charge is 0.447 e. The lowest BCUT2D eigenvalue weighted by Gasteiger charge is -2.34. The Morgan fingerprint density at radius 2 is 1.90 bits per heavy atom. The summed E-state index contributed by atoms with van der Waals surface area (Å²) in [5, 5.41) is 2.84. The molecule has 30 heavy (non-hydrogen) atoms. The highest BCUT2D eigenvalue weighted by Gasteiger charge is 2.21. The maximum Gasteiger partial charge on any atom is 0.273 e. The molecule has 4 rings (SSSR count). The van der Waals surface area contributed by atoms with Crippen LogP contribution >= 0.6 is 0 Å². The lowest BCUT2D eigenvalue weighted by Crippen LogP contribution is -2.45. The van der Waals surface area contributed by atoms with Crippen LogP contribution in [0.1, 0.15) is 34.8 Å². The first-order valence-electron chi connectivity index (χ1n) is 10.3. The highest BCUT2D eigenvalue weighted by atomic mass is 19.2. The van der Waals surface area contributed by atoms with E-state index in [1.54, 1.807) is 6.07 Å². The first kappa shape index (κ1) is 20.9. The molecule has 1 aromatic heterocycles. The number of ether oxygens (including phenoxy) is 1. The van der Waals surface area contributed by atoms with Crippen molar-refractivity contribution >= 4 is 5.91 Å². The van der Waals surface area contributed by atoms with Gasteiger partial charge in [-0.3, -0.25) is 14.6 Å². The van der Waals surface area contributed by atoms with Gasteiger partial charge in [0, 0.05) is 45.9 Å². The molecule has 3 heterocycles. The quantitative estimate of drug-likeness (QED) is 0.741. The van der Waals surface area contributed by atoms with Crippen LogP contribution in [0.15, 0.2) is 28.9 Å². The van der Waals surface area contributed by atoms with Crippen molar-refractivity contribution in [3.05, 3.63) is 53.2 Å². The number of nitrogens with zero attached hydrogens (tertiary/aromatic N) is 3. The highest BCUT2D eigenvalue weighted by Crippen LogP contribution is 2.15. The number of aromatic nitrogens is 1. The summed E-state index contributed by atoms with van der Waals surface area (Å²) in [4.78, 5) is 20.9. The van der Waals surface area contributed by atoms with Crippen LogP contribution in [0, 0.1) is 11.6 Å². The zero-order valence-corrected chi connectivity index (χ0v) is 16.8. The molecule has 1 atom stereocenters. The van der Waals surface area contributed by atoms with Gasteiger partial charge < -0.3 is 14.5 Å². The summed E-state index contributed by atoms with van der Waals surface area (Å²) < 4.78 is 37.4. The smallest absolute Gasteiger partial charge is 0.273 e. The SMILES string of the molecule is O=C(NCC1CCCO1)c1coc(CN2CCN(Cc3ccc(F)c(F)c3)CC2)n1. The molecule has 1 unspecified atom stereocenters. The van der Waals surface area contributed by atoms with Crippen LogP contribution < -0.4 is 5.32 Å². The summed E-state index contributed by atoms with van der Waals surface area (Å²) in [5.74, 6) is -1.39. The number of halogens is 2. The monoisotopic (exact) mass is 420 g/mol. The van der Waals surface area contributed by atoms with Gasteiger partial charge in [-0.2, -0.15) is 0 Å². The molecule has 0 bridgehead atoms. The van der Waals surface area contributed by atoms with Gasteiger partial charge in [-0.05, 0) is 30.5 Å². The van der Waals surface area contributed by atoms with Crippen molar-refractivity contribution in [1.82, 2.24) is 20.1 Å². The van der Waals surface area contributed by atoms with E-state index in [0.717, 1.165) is 57.3 Å². The number of piperazine rings is 1. The van der Waals surface area contributed by atoms with Gasteiger partial charge in [0.05, 0.1) is 12.6 Å². The van der Waals surface area contributed by atoms with E-state index in [4.69, 9.17) is 9.15 Å². The maximum atomic E-state index is 13.4. The normalized spacial score (nSPS) is 20.5. The molecular formula is C21H26F2N4O3. The molecule has 1 N–H and O–H groups in total. The second kappa shape index (κ2) is 9.63. The predicted molar refractivity (Wildman–Crippen MR) is 105 cm³/mol. The molecule has 2 fully saturated rings. The summed E-state index contributed by atoms with van der Waals surface area (Å²) >= 11 is 0. The topological polar surface area (TPSA) is 70.8 Å². The van der Waals surface area contributed by atoms with E-state index in [9.17, 15) is 13.6 Å². The number of carbonyl (C=O) groups is 1.